The van der Waals surface area contributed by atoms with Gasteiger partial charge in [0, 0.05) is 34.8 Å². The largest absolute Gasteiger partial charge is 0.484 e. The molecule has 1 N–H and O–H groups in total. The number of fused-ring (bicyclic) bond motifs is 1. The van der Waals surface area contributed by atoms with Crippen LogP contribution in [0, 0.1) is 10.1 Å². The molecule has 0 saturated heterocycles. The van der Waals surface area contributed by atoms with Gasteiger partial charge in [-0.2, -0.15) is 0 Å². The van der Waals surface area contributed by atoms with Gasteiger partial charge in [0.25, 0.3) is 5.69 Å². The highest BCUT2D eigenvalue weighted by Crippen LogP contribution is 2.29. The molecule has 1 aromatic heterocycles. The van der Waals surface area contributed by atoms with E-state index in [1.165, 1.54) is 18.2 Å². The summed E-state index contributed by atoms with van der Waals surface area (Å²) in [6.07, 6.45) is 1.63. The Morgan fingerprint density at radius 3 is 2.78 bits per heavy atom. The van der Waals surface area contributed by atoms with Gasteiger partial charge in [0.15, 0.2) is 6.61 Å². The van der Waals surface area contributed by atoms with Crippen LogP contribution in [-0.2, 0) is 0 Å². The van der Waals surface area contributed by atoms with Crippen LogP contribution in [0.5, 0.6) is 5.75 Å². The smallest absolute Gasteiger partial charge is 0.271 e. The second-order valence-electron chi connectivity index (χ2n) is 4.83. The summed E-state index contributed by atoms with van der Waals surface area (Å²) in [5.41, 5.74) is 1.26. The van der Waals surface area contributed by atoms with Gasteiger partial charge in [-0.3, -0.25) is 14.9 Å². The second-order valence-corrected chi connectivity index (χ2v) is 5.24. The fourth-order valence-corrected chi connectivity index (χ4v) is 2.47. The van der Waals surface area contributed by atoms with Crippen LogP contribution in [0.2, 0.25) is 5.02 Å². The third-order valence-corrected chi connectivity index (χ3v) is 3.67. The molecule has 3 rings (SSSR count). The number of nitro benzene ring substituents is 1. The van der Waals surface area contributed by atoms with Crippen molar-refractivity contribution >= 4 is 34.0 Å². The van der Waals surface area contributed by atoms with E-state index in [4.69, 9.17) is 16.3 Å². The van der Waals surface area contributed by atoms with Crippen LogP contribution in [0.15, 0.2) is 48.7 Å². The summed E-state index contributed by atoms with van der Waals surface area (Å²) < 4.78 is 5.39. The number of ketones is 1. The number of ether oxygens (including phenoxy) is 1. The molecule has 0 aliphatic carbocycles. The minimum Gasteiger partial charge on any atom is -0.484 e. The number of hydrogen-bond acceptors (Lipinski definition) is 4. The van der Waals surface area contributed by atoms with Crippen molar-refractivity contribution in [3.63, 3.8) is 0 Å². The standard InChI is InChI=1S/C16H11ClN2O4/c17-13-7-10(19(21)22)5-6-16(13)23-9-15(20)12-8-18-14-4-2-1-3-11(12)14/h1-8,18H,9H2. The lowest BCUT2D eigenvalue weighted by Crippen LogP contribution is -2.11. The number of nitro groups is 1. The minimum absolute atomic E-state index is 0.0888. The second kappa shape index (κ2) is 6.10. The van der Waals surface area contributed by atoms with Crippen LogP contribution in [-0.4, -0.2) is 22.3 Å². The van der Waals surface area contributed by atoms with Crippen LogP contribution in [0.1, 0.15) is 10.4 Å². The fraction of sp³-hybridized carbons (Fsp3) is 0.0625. The number of carbonyl (C=O) groups excluding carboxylic acids is 1. The van der Waals surface area contributed by atoms with Gasteiger partial charge in [0.2, 0.25) is 5.78 Å². The maximum Gasteiger partial charge on any atom is 0.271 e. The molecule has 7 heteroatoms. The van der Waals surface area contributed by atoms with Gasteiger partial charge in [-0.1, -0.05) is 29.8 Å². The summed E-state index contributed by atoms with van der Waals surface area (Å²) >= 11 is 5.93. The molecule has 0 atom stereocenters. The zero-order valence-corrected chi connectivity index (χ0v) is 12.5. The van der Waals surface area contributed by atoms with E-state index >= 15 is 0 Å². The Morgan fingerprint density at radius 2 is 2.04 bits per heavy atom. The number of aromatic nitrogens is 1. The van der Waals surface area contributed by atoms with Crippen molar-refractivity contribution in [2.75, 3.05) is 6.61 Å². The molecular weight excluding hydrogens is 320 g/mol. The van der Waals surface area contributed by atoms with Gasteiger partial charge in [0.05, 0.1) is 9.95 Å². The lowest BCUT2D eigenvalue weighted by molar-refractivity contribution is -0.384. The van der Waals surface area contributed by atoms with E-state index in [0.29, 0.717) is 5.56 Å². The predicted molar refractivity (Wildman–Crippen MR) is 86.2 cm³/mol. The molecule has 0 bridgehead atoms. The molecule has 0 spiro atoms. The van der Waals surface area contributed by atoms with Gasteiger partial charge in [-0.05, 0) is 12.1 Å². The highest BCUT2D eigenvalue weighted by molar-refractivity contribution is 6.32. The summed E-state index contributed by atoms with van der Waals surface area (Å²) in [5.74, 6) is 0.0160. The highest BCUT2D eigenvalue weighted by Gasteiger charge is 2.15. The maximum atomic E-state index is 12.3. The number of aromatic amines is 1. The number of Topliss-reactive ketones (excluding diaryl/α,β-unsaturated/α-hetero) is 1. The molecule has 0 fully saturated rings. The number of nitrogens with one attached hydrogen (secondary N) is 1. The molecule has 3 aromatic rings. The Balaban J connectivity index is 1.75. The predicted octanol–water partition coefficient (Wildman–Crippen LogP) is 3.99. The van der Waals surface area contributed by atoms with E-state index in [1.54, 1.807) is 6.20 Å². The van der Waals surface area contributed by atoms with Crippen molar-refractivity contribution in [2.45, 2.75) is 0 Å². The van der Waals surface area contributed by atoms with E-state index in [1.807, 2.05) is 24.3 Å². The van der Waals surface area contributed by atoms with Crippen LogP contribution in [0.25, 0.3) is 10.9 Å². The summed E-state index contributed by atoms with van der Waals surface area (Å²) in [7, 11) is 0. The number of nitrogens with zero attached hydrogens (tertiary/aromatic N) is 1. The molecule has 2 aromatic carbocycles. The van der Waals surface area contributed by atoms with Crippen molar-refractivity contribution in [2.24, 2.45) is 0 Å². The molecule has 0 amide bonds. The number of hydrogen-bond donors (Lipinski definition) is 1. The van der Waals surface area contributed by atoms with Crippen molar-refractivity contribution in [3.05, 3.63) is 69.4 Å². The highest BCUT2D eigenvalue weighted by atomic mass is 35.5. The SMILES string of the molecule is O=C(COc1ccc([N+](=O)[O-])cc1Cl)c1c[nH]c2ccccc12. The normalized spacial score (nSPS) is 10.7. The molecular formula is C16H11ClN2O4. The lowest BCUT2D eigenvalue weighted by atomic mass is 10.1. The number of non-ortho nitro benzene ring substituents is 1. The molecule has 23 heavy (non-hydrogen) atoms. The van der Waals surface area contributed by atoms with Gasteiger partial charge < -0.3 is 9.72 Å². The Bertz CT molecular complexity index is 904. The van der Waals surface area contributed by atoms with Crippen LogP contribution in [0.4, 0.5) is 5.69 Å². The molecule has 0 radical (unpaired) electrons. The first-order chi connectivity index (χ1) is 11.1. The van der Waals surface area contributed by atoms with Gasteiger partial charge >= 0.3 is 0 Å². The van der Waals surface area contributed by atoms with E-state index < -0.39 is 4.92 Å². The summed E-state index contributed by atoms with van der Waals surface area (Å²) in [6, 6.07) is 11.3. The molecule has 1 heterocycles. The van der Waals surface area contributed by atoms with Crippen molar-refractivity contribution in [1.82, 2.24) is 4.98 Å². The van der Waals surface area contributed by atoms with Crippen LogP contribution in [0.3, 0.4) is 0 Å². The van der Waals surface area contributed by atoms with E-state index in [-0.39, 0.29) is 28.8 Å². The number of halogens is 1. The quantitative estimate of drug-likeness (QED) is 0.435. The third kappa shape index (κ3) is 3.02. The molecule has 6 nitrogen and oxygen atoms in total. The summed E-state index contributed by atoms with van der Waals surface area (Å²) in [6.45, 7) is -0.209. The van der Waals surface area contributed by atoms with Crippen molar-refractivity contribution in [1.29, 1.82) is 0 Å². The zero-order chi connectivity index (χ0) is 16.4. The van der Waals surface area contributed by atoms with Crippen LogP contribution >= 0.6 is 11.6 Å². The molecule has 116 valence electrons. The Labute approximate surface area is 135 Å². The van der Waals surface area contributed by atoms with Crippen molar-refractivity contribution < 1.29 is 14.5 Å². The number of rotatable bonds is 5. The first kappa shape index (κ1) is 15.1. The van der Waals surface area contributed by atoms with E-state index in [2.05, 4.69) is 4.98 Å². The topological polar surface area (TPSA) is 85.2 Å². The summed E-state index contributed by atoms with van der Waals surface area (Å²) in [4.78, 5) is 25.4. The van der Waals surface area contributed by atoms with E-state index in [9.17, 15) is 14.9 Å². The molecule has 0 unspecified atom stereocenters. The Hall–Kier alpha value is -2.86. The Morgan fingerprint density at radius 1 is 1.26 bits per heavy atom. The minimum atomic E-state index is -0.549. The molecule has 0 aliphatic rings. The average Bonchev–Trinajstić information content (AvgIpc) is 2.97. The fourth-order valence-electron chi connectivity index (χ4n) is 2.24. The van der Waals surface area contributed by atoms with Gasteiger partial charge in [-0.25, -0.2) is 0 Å². The maximum absolute atomic E-state index is 12.3. The monoisotopic (exact) mass is 330 g/mol. The zero-order valence-electron chi connectivity index (χ0n) is 11.8. The number of H-pyrrole nitrogens is 1. The first-order valence-corrected chi connectivity index (χ1v) is 7.10. The van der Waals surface area contributed by atoms with Crippen molar-refractivity contribution in [3.8, 4) is 5.75 Å². The van der Waals surface area contributed by atoms with Gasteiger partial charge in [-0.15, -0.1) is 0 Å². The Kier molecular flexibility index (Phi) is 3.99. The third-order valence-electron chi connectivity index (χ3n) is 3.37. The number of carbonyl (C=O) groups is 1. The van der Waals surface area contributed by atoms with Crippen LogP contribution < -0.4 is 4.74 Å². The average molecular weight is 331 g/mol. The summed E-state index contributed by atoms with van der Waals surface area (Å²) in [5, 5.41) is 11.6. The molecule has 0 saturated carbocycles. The first-order valence-electron chi connectivity index (χ1n) is 6.72. The van der Waals surface area contributed by atoms with Gasteiger partial charge in [0.1, 0.15) is 5.75 Å². The van der Waals surface area contributed by atoms with E-state index in [0.717, 1.165) is 10.9 Å². The number of para-hydroxylation sites is 1. The number of benzene rings is 2. The molecule has 0 aliphatic heterocycles. The lowest BCUT2D eigenvalue weighted by Gasteiger charge is -2.06.